The summed E-state index contributed by atoms with van der Waals surface area (Å²) in [5, 5.41) is 3.78. The van der Waals surface area contributed by atoms with Crippen molar-refractivity contribution in [2.75, 3.05) is 38.2 Å². The summed E-state index contributed by atoms with van der Waals surface area (Å²) in [5.41, 5.74) is 6.35. The van der Waals surface area contributed by atoms with E-state index >= 15 is 4.39 Å². The van der Waals surface area contributed by atoms with Gasteiger partial charge in [0.2, 0.25) is 11.8 Å². The molecule has 2 amide bonds. The zero-order valence-electron chi connectivity index (χ0n) is 19.6. The lowest BCUT2D eigenvalue weighted by atomic mass is 10.0. The molecule has 1 aliphatic heterocycles. The Bertz CT molecular complexity index is 1600. The minimum atomic E-state index is -0.700. The number of nitrogens with zero attached hydrogens (tertiary/aromatic N) is 5. The number of likely N-dealkylation sites (N-methyl/N-ethyl adjacent to an activating group) is 1. The average molecular weight is 544 g/mol. The van der Waals surface area contributed by atoms with Crippen LogP contribution in [0.25, 0.3) is 32.2 Å². The van der Waals surface area contributed by atoms with Crippen molar-refractivity contribution in [3.8, 4) is 11.1 Å². The molecule has 0 atom stereocenters. The van der Waals surface area contributed by atoms with Gasteiger partial charge >= 0.3 is 0 Å². The van der Waals surface area contributed by atoms with Crippen LogP contribution < -0.4 is 11.1 Å². The van der Waals surface area contributed by atoms with Gasteiger partial charge in [-0.25, -0.2) is 23.7 Å². The molecule has 0 radical (unpaired) electrons. The van der Waals surface area contributed by atoms with Gasteiger partial charge < -0.3 is 20.9 Å². The van der Waals surface area contributed by atoms with Gasteiger partial charge in [0, 0.05) is 55.9 Å². The SMILES string of the molecule is CN(C)C(=O)/C=C/C(=O)N1CC(Nc2ncnc3c(F)c(-c4ccc(F)c5sc(N)nc45)c(Cl)cc23)C1. The molecule has 2 aromatic heterocycles. The van der Waals surface area contributed by atoms with Crippen LogP contribution >= 0.6 is 22.9 Å². The number of likely N-dealkylation sites (tertiary alicyclic amines) is 1. The summed E-state index contributed by atoms with van der Waals surface area (Å²) in [6.07, 6.45) is 3.68. The molecule has 0 spiro atoms. The van der Waals surface area contributed by atoms with E-state index in [4.69, 9.17) is 17.3 Å². The molecule has 2 aromatic carbocycles. The van der Waals surface area contributed by atoms with E-state index in [0.29, 0.717) is 29.9 Å². The zero-order valence-corrected chi connectivity index (χ0v) is 21.2. The lowest BCUT2D eigenvalue weighted by Gasteiger charge is -2.39. The number of thiazole rings is 1. The molecule has 0 saturated carbocycles. The number of hydrogen-bond donors (Lipinski definition) is 2. The summed E-state index contributed by atoms with van der Waals surface area (Å²) in [5.74, 6) is -1.42. The standard InChI is InChI=1S/C24H20ClF2N7O2S/c1-33(2)16(35)5-6-17(36)34-8-11(9-34)31-23-13-7-14(25)18(19(27)20(13)29-10-30-23)12-3-4-15(26)22-21(12)32-24(28)37-22/h3-7,10-11H,8-9H2,1-2H3,(H2,28,32)(H,29,30,31)/b6-5+. The molecule has 3 N–H and O–H groups in total. The molecule has 1 saturated heterocycles. The smallest absolute Gasteiger partial charge is 0.246 e. The minimum Gasteiger partial charge on any atom is -0.375 e. The van der Waals surface area contributed by atoms with E-state index in [9.17, 15) is 14.0 Å². The summed E-state index contributed by atoms with van der Waals surface area (Å²) in [6.45, 7) is 0.746. The fourth-order valence-corrected chi connectivity index (χ4v) is 5.08. The van der Waals surface area contributed by atoms with Crippen molar-refractivity contribution >= 4 is 66.8 Å². The van der Waals surface area contributed by atoms with Gasteiger partial charge in [-0.1, -0.05) is 22.9 Å². The molecule has 190 valence electrons. The molecule has 4 aromatic rings. The number of nitrogens with one attached hydrogen (secondary N) is 1. The fourth-order valence-electron chi connectivity index (χ4n) is 4.03. The molecular formula is C24H20ClF2N7O2S. The first-order valence-electron chi connectivity index (χ1n) is 11.1. The van der Waals surface area contributed by atoms with E-state index in [1.807, 2.05) is 0 Å². The number of nitrogens with two attached hydrogens (primary N) is 1. The first-order valence-corrected chi connectivity index (χ1v) is 12.3. The second-order valence-electron chi connectivity index (χ2n) is 8.64. The van der Waals surface area contributed by atoms with E-state index in [-0.39, 0.29) is 49.3 Å². The molecule has 1 fully saturated rings. The van der Waals surface area contributed by atoms with Gasteiger partial charge in [0.25, 0.3) is 0 Å². The number of benzene rings is 2. The maximum absolute atomic E-state index is 15.8. The summed E-state index contributed by atoms with van der Waals surface area (Å²) in [7, 11) is 3.19. The monoisotopic (exact) mass is 543 g/mol. The Balaban J connectivity index is 1.41. The number of rotatable bonds is 5. The first kappa shape index (κ1) is 24.8. The Kier molecular flexibility index (Phi) is 6.38. The lowest BCUT2D eigenvalue weighted by molar-refractivity contribution is -0.130. The number of nitrogen functional groups attached to an aromatic ring is 1. The van der Waals surface area contributed by atoms with Gasteiger partial charge in [-0.15, -0.1) is 0 Å². The lowest BCUT2D eigenvalue weighted by Crippen LogP contribution is -2.56. The Morgan fingerprint density at radius 1 is 1.22 bits per heavy atom. The normalized spacial score (nSPS) is 13.9. The highest BCUT2D eigenvalue weighted by Crippen LogP contribution is 2.41. The minimum absolute atomic E-state index is 0.0231. The number of aromatic nitrogens is 3. The molecule has 0 aliphatic carbocycles. The van der Waals surface area contributed by atoms with E-state index in [1.165, 1.54) is 35.5 Å². The molecular weight excluding hydrogens is 524 g/mol. The number of carbonyl (C=O) groups is 2. The van der Waals surface area contributed by atoms with E-state index in [1.54, 1.807) is 25.1 Å². The van der Waals surface area contributed by atoms with Crippen molar-refractivity contribution in [3.63, 3.8) is 0 Å². The topological polar surface area (TPSA) is 117 Å². The quantitative estimate of drug-likeness (QED) is 0.369. The number of hydrogen-bond acceptors (Lipinski definition) is 8. The number of amides is 2. The molecule has 5 rings (SSSR count). The summed E-state index contributed by atoms with van der Waals surface area (Å²) >= 11 is 7.50. The fraction of sp³-hybridized carbons (Fsp3) is 0.208. The van der Waals surface area contributed by atoms with Gasteiger partial charge in [0.05, 0.1) is 21.3 Å². The third-order valence-electron chi connectivity index (χ3n) is 5.95. The predicted molar refractivity (Wildman–Crippen MR) is 139 cm³/mol. The molecule has 37 heavy (non-hydrogen) atoms. The van der Waals surface area contributed by atoms with Crippen LogP contribution in [0.2, 0.25) is 5.02 Å². The maximum Gasteiger partial charge on any atom is 0.246 e. The summed E-state index contributed by atoms with van der Waals surface area (Å²) < 4.78 is 30.3. The van der Waals surface area contributed by atoms with Crippen LogP contribution in [-0.4, -0.2) is 69.8 Å². The van der Waals surface area contributed by atoms with Crippen LogP contribution in [0, 0.1) is 11.6 Å². The van der Waals surface area contributed by atoms with Gasteiger partial charge in [0.15, 0.2) is 10.9 Å². The van der Waals surface area contributed by atoms with Crippen molar-refractivity contribution < 1.29 is 18.4 Å². The Morgan fingerprint density at radius 3 is 2.70 bits per heavy atom. The van der Waals surface area contributed by atoms with Crippen molar-refractivity contribution in [1.82, 2.24) is 24.8 Å². The van der Waals surface area contributed by atoms with Crippen LogP contribution in [0.15, 0.2) is 36.7 Å². The number of halogens is 3. The van der Waals surface area contributed by atoms with Crippen LogP contribution in [0.1, 0.15) is 0 Å². The second kappa shape index (κ2) is 9.52. The number of anilines is 2. The summed E-state index contributed by atoms with van der Waals surface area (Å²) in [4.78, 5) is 39.3. The Hall–Kier alpha value is -3.90. The predicted octanol–water partition coefficient (Wildman–Crippen LogP) is 3.69. The van der Waals surface area contributed by atoms with Gasteiger partial charge in [0.1, 0.15) is 23.5 Å². The van der Waals surface area contributed by atoms with E-state index < -0.39 is 11.6 Å². The van der Waals surface area contributed by atoms with Crippen LogP contribution in [0.5, 0.6) is 0 Å². The van der Waals surface area contributed by atoms with Crippen LogP contribution in [0.3, 0.4) is 0 Å². The zero-order chi connectivity index (χ0) is 26.4. The highest BCUT2D eigenvalue weighted by atomic mass is 35.5. The van der Waals surface area contributed by atoms with E-state index in [0.717, 1.165) is 11.3 Å². The highest BCUT2D eigenvalue weighted by molar-refractivity contribution is 7.22. The molecule has 3 heterocycles. The molecule has 0 bridgehead atoms. The largest absolute Gasteiger partial charge is 0.375 e. The van der Waals surface area contributed by atoms with Crippen molar-refractivity contribution in [2.24, 2.45) is 0 Å². The van der Waals surface area contributed by atoms with Crippen LogP contribution in [-0.2, 0) is 9.59 Å². The Labute approximate surface area is 218 Å². The number of fused-ring (bicyclic) bond motifs is 2. The third-order valence-corrected chi connectivity index (χ3v) is 7.14. The van der Waals surface area contributed by atoms with Gasteiger partial charge in [-0.3, -0.25) is 9.59 Å². The van der Waals surface area contributed by atoms with Crippen molar-refractivity contribution in [3.05, 3.63) is 53.3 Å². The third kappa shape index (κ3) is 4.53. The number of carbonyl (C=O) groups excluding carboxylic acids is 2. The average Bonchev–Trinajstić information content (AvgIpc) is 3.23. The Morgan fingerprint density at radius 2 is 1.97 bits per heavy atom. The van der Waals surface area contributed by atoms with Crippen LogP contribution in [0.4, 0.5) is 19.7 Å². The molecule has 1 aliphatic rings. The highest BCUT2D eigenvalue weighted by Gasteiger charge is 2.30. The molecule has 13 heteroatoms. The maximum atomic E-state index is 15.8. The first-order chi connectivity index (χ1) is 17.6. The molecule has 0 unspecified atom stereocenters. The van der Waals surface area contributed by atoms with E-state index in [2.05, 4.69) is 20.3 Å². The summed E-state index contributed by atoms with van der Waals surface area (Å²) in [6, 6.07) is 4.03. The van der Waals surface area contributed by atoms with Gasteiger partial charge in [-0.05, 0) is 18.2 Å². The van der Waals surface area contributed by atoms with Gasteiger partial charge in [-0.2, -0.15) is 0 Å². The second-order valence-corrected chi connectivity index (χ2v) is 10.1. The van der Waals surface area contributed by atoms with Crippen molar-refractivity contribution in [1.29, 1.82) is 0 Å². The molecule has 9 nitrogen and oxygen atoms in total. The van der Waals surface area contributed by atoms with Crippen molar-refractivity contribution in [2.45, 2.75) is 6.04 Å².